The van der Waals surface area contributed by atoms with E-state index < -0.39 is 0 Å². The topological polar surface area (TPSA) is 29.1 Å². The summed E-state index contributed by atoms with van der Waals surface area (Å²) in [6.07, 6.45) is 4.18. The summed E-state index contributed by atoms with van der Waals surface area (Å²) in [6.45, 7) is 0. The van der Waals surface area contributed by atoms with Gasteiger partial charge in [0.2, 0.25) is 0 Å². The SMILES string of the molecule is O=C(NC1C2C3CCC(C3)C12)c1ccc(Br)cc1S. The van der Waals surface area contributed by atoms with Gasteiger partial charge < -0.3 is 5.32 Å². The summed E-state index contributed by atoms with van der Waals surface area (Å²) in [6, 6.07) is 6.05. The van der Waals surface area contributed by atoms with Crippen molar-refractivity contribution in [1.29, 1.82) is 0 Å². The Morgan fingerprint density at radius 2 is 1.95 bits per heavy atom. The molecule has 3 fully saturated rings. The van der Waals surface area contributed by atoms with E-state index in [-0.39, 0.29) is 5.91 Å². The molecule has 2 nitrogen and oxygen atoms in total. The van der Waals surface area contributed by atoms with Crippen LogP contribution in [0, 0.1) is 23.7 Å². The molecule has 100 valence electrons. The van der Waals surface area contributed by atoms with Gasteiger partial charge in [0.25, 0.3) is 5.91 Å². The van der Waals surface area contributed by atoms with E-state index in [9.17, 15) is 4.79 Å². The molecular formula is C15H16BrNOS. The van der Waals surface area contributed by atoms with Crippen molar-refractivity contribution in [3.05, 3.63) is 28.2 Å². The maximum atomic E-state index is 12.3. The monoisotopic (exact) mass is 337 g/mol. The van der Waals surface area contributed by atoms with Crippen LogP contribution in [-0.2, 0) is 0 Å². The summed E-state index contributed by atoms with van der Waals surface area (Å²) in [4.78, 5) is 13.1. The Morgan fingerprint density at radius 3 is 2.58 bits per heavy atom. The first-order valence-corrected chi connectivity index (χ1v) is 8.18. The minimum Gasteiger partial charge on any atom is -0.349 e. The molecular weight excluding hydrogens is 322 g/mol. The Kier molecular flexibility index (Phi) is 2.75. The molecule has 3 aliphatic carbocycles. The maximum Gasteiger partial charge on any atom is 0.252 e. The van der Waals surface area contributed by atoms with E-state index >= 15 is 0 Å². The quantitative estimate of drug-likeness (QED) is 0.794. The lowest BCUT2D eigenvalue weighted by Crippen LogP contribution is -2.30. The Labute approximate surface area is 126 Å². The molecule has 4 unspecified atom stereocenters. The molecule has 0 aromatic heterocycles. The van der Waals surface area contributed by atoms with Crippen molar-refractivity contribution in [3.63, 3.8) is 0 Å². The predicted octanol–water partition coefficient (Wildman–Crippen LogP) is 3.51. The summed E-state index contributed by atoms with van der Waals surface area (Å²) >= 11 is 7.78. The molecule has 0 aliphatic heterocycles. The molecule has 1 aromatic carbocycles. The highest BCUT2D eigenvalue weighted by Gasteiger charge is 2.65. The highest BCUT2D eigenvalue weighted by molar-refractivity contribution is 9.10. The Hall–Kier alpha value is -0.480. The lowest BCUT2D eigenvalue weighted by Gasteiger charge is -2.11. The minimum atomic E-state index is 0.0382. The standard InChI is InChI=1S/C15H16BrNOS/c16-9-3-4-10(11(19)6-9)15(18)17-14-12-7-1-2-8(5-7)13(12)14/h3-4,6-8,12-14,19H,1-2,5H2,(H,17,18). The smallest absolute Gasteiger partial charge is 0.252 e. The van der Waals surface area contributed by atoms with E-state index in [1.165, 1.54) is 19.3 Å². The second kappa shape index (κ2) is 4.26. The number of nitrogens with one attached hydrogen (secondary N) is 1. The van der Waals surface area contributed by atoms with E-state index in [0.717, 1.165) is 33.0 Å². The molecule has 0 heterocycles. The van der Waals surface area contributed by atoms with Crippen LogP contribution in [0.15, 0.2) is 27.6 Å². The number of halogens is 1. The molecule has 2 bridgehead atoms. The highest BCUT2D eigenvalue weighted by Crippen LogP contribution is 2.65. The number of carbonyl (C=O) groups excluding carboxylic acids is 1. The van der Waals surface area contributed by atoms with Gasteiger partial charge in [-0.3, -0.25) is 4.79 Å². The van der Waals surface area contributed by atoms with Gasteiger partial charge in [-0.2, -0.15) is 0 Å². The molecule has 3 aliphatic rings. The number of rotatable bonds is 2. The number of carbonyl (C=O) groups is 1. The molecule has 4 atom stereocenters. The largest absolute Gasteiger partial charge is 0.349 e. The minimum absolute atomic E-state index is 0.0382. The second-order valence-electron chi connectivity index (χ2n) is 6.15. The normalized spacial score (nSPS) is 38.1. The number of fused-ring (bicyclic) bond motifs is 5. The van der Waals surface area contributed by atoms with E-state index in [1.54, 1.807) is 0 Å². The van der Waals surface area contributed by atoms with Crippen molar-refractivity contribution >= 4 is 34.5 Å². The number of amides is 1. The van der Waals surface area contributed by atoms with E-state index in [2.05, 4.69) is 33.9 Å². The van der Waals surface area contributed by atoms with Crippen molar-refractivity contribution < 1.29 is 4.79 Å². The lowest BCUT2D eigenvalue weighted by molar-refractivity contribution is 0.0941. The Balaban J connectivity index is 1.48. The van der Waals surface area contributed by atoms with Crippen LogP contribution in [0.4, 0.5) is 0 Å². The summed E-state index contributed by atoms with van der Waals surface area (Å²) in [5, 5.41) is 3.23. The fraction of sp³-hybridized carbons (Fsp3) is 0.533. The van der Waals surface area contributed by atoms with Gasteiger partial charge in [0, 0.05) is 15.4 Å². The van der Waals surface area contributed by atoms with Crippen molar-refractivity contribution in [2.75, 3.05) is 0 Å². The van der Waals surface area contributed by atoms with Gasteiger partial charge >= 0.3 is 0 Å². The molecule has 0 saturated heterocycles. The summed E-state index contributed by atoms with van der Waals surface area (Å²) < 4.78 is 0.954. The van der Waals surface area contributed by atoms with Crippen LogP contribution in [-0.4, -0.2) is 11.9 Å². The fourth-order valence-corrected chi connectivity index (χ4v) is 5.30. The molecule has 0 radical (unpaired) electrons. The Bertz CT molecular complexity index is 545. The second-order valence-corrected chi connectivity index (χ2v) is 7.55. The third kappa shape index (κ3) is 1.87. The number of thiol groups is 1. The average Bonchev–Trinajstić information content (AvgIpc) is 2.78. The van der Waals surface area contributed by atoms with Gasteiger partial charge in [-0.25, -0.2) is 0 Å². The van der Waals surface area contributed by atoms with Gasteiger partial charge in [0.1, 0.15) is 0 Å². The third-order valence-corrected chi connectivity index (χ3v) is 6.10. The van der Waals surface area contributed by atoms with Crippen LogP contribution in [0.5, 0.6) is 0 Å². The van der Waals surface area contributed by atoms with Crippen LogP contribution >= 0.6 is 28.6 Å². The molecule has 1 amide bonds. The van der Waals surface area contributed by atoms with Crippen LogP contribution in [0.3, 0.4) is 0 Å². The molecule has 1 N–H and O–H groups in total. The zero-order chi connectivity index (χ0) is 13.1. The maximum absolute atomic E-state index is 12.3. The lowest BCUT2D eigenvalue weighted by atomic mass is 10.0. The number of hydrogen-bond donors (Lipinski definition) is 2. The summed E-state index contributed by atoms with van der Waals surface area (Å²) in [7, 11) is 0. The highest BCUT2D eigenvalue weighted by atomic mass is 79.9. The van der Waals surface area contributed by atoms with Crippen LogP contribution in [0.2, 0.25) is 0 Å². The first-order chi connectivity index (χ1) is 9.15. The van der Waals surface area contributed by atoms with Gasteiger partial charge in [-0.1, -0.05) is 15.9 Å². The average molecular weight is 338 g/mol. The van der Waals surface area contributed by atoms with E-state index in [0.29, 0.717) is 11.6 Å². The Morgan fingerprint density at radius 1 is 1.26 bits per heavy atom. The van der Waals surface area contributed by atoms with E-state index in [1.807, 2.05) is 18.2 Å². The molecule has 4 rings (SSSR count). The van der Waals surface area contributed by atoms with Crippen molar-refractivity contribution in [3.8, 4) is 0 Å². The number of benzene rings is 1. The molecule has 4 heteroatoms. The first-order valence-electron chi connectivity index (χ1n) is 6.94. The fourth-order valence-electron chi connectivity index (χ4n) is 4.44. The van der Waals surface area contributed by atoms with Crippen LogP contribution in [0.1, 0.15) is 29.6 Å². The molecule has 19 heavy (non-hydrogen) atoms. The molecule has 0 spiro atoms. The van der Waals surface area contributed by atoms with Crippen molar-refractivity contribution in [2.24, 2.45) is 23.7 Å². The van der Waals surface area contributed by atoms with Gasteiger partial charge in [0.15, 0.2) is 0 Å². The third-order valence-electron chi connectivity index (χ3n) is 5.24. The summed E-state index contributed by atoms with van der Waals surface area (Å²) in [5.74, 6) is 3.38. The van der Waals surface area contributed by atoms with Gasteiger partial charge in [0.05, 0.1) is 5.56 Å². The predicted molar refractivity (Wildman–Crippen MR) is 80.5 cm³/mol. The van der Waals surface area contributed by atoms with Crippen LogP contribution < -0.4 is 5.32 Å². The zero-order valence-electron chi connectivity index (χ0n) is 10.5. The van der Waals surface area contributed by atoms with E-state index in [4.69, 9.17) is 0 Å². The molecule has 1 aromatic rings. The van der Waals surface area contributed by atoms with Crippen LogP contribution in [0.25, 0.3) is 0 Å². The molecule has 3 saturated carbocycles. The first kappa shape index (κ1) is 12.3. The van der Waals surface area contributed by atoms with Crippen molar-refractivity contribution in [2.45, 2.75) is 30.2 Å². The van der Waals surface area contributed by atoms with Crippen molar-refractivity contribution in [1.82, 2.24) is 5.32 Å². The summed E-state index contributed by atoms with van der Waals surface area (Å²) in [5.41, 5.74) is 0.684. The van der Waals surface area contributed by atoms with Gasteiger partial charge in [-0.05, 0) is 61.1 Å². The zero-order valence-corrected chi connectivity index (χ0v) is 13.0. The number of hydrogen-bond acceptors (Lipinski definition) is 2. The van der Waals surface area contributed by atoms with Gasteiger partial charge in [-0.15, -0.1) is 12.6 Å².